The SMILES string of the molecule is CC(=O)c1cccc(N(CC(=O)N(Cc2ccc(Cl)c(Cl)c2)[C@@H](Cc2ccccc2)C(=O)NC2CCCCC2)S(C)(=O)=O)c1. The molecule has 0 saturated heterocycles. The van der Waals surface area contributed by atoms with E-state index in [1.165, 1.54) is 24.0 Å². The average Bonchev–Trinajstić information content (AvgIpc) is 2.99. The molecule has 0 spiro atoms. The van der Waals surface area contributed by atoms with Crippen molar-refractivity contribution in [3.8, 4) is 0 Å². The van der Waals surface area contributed by atoms with Gasteiger partial charge in [-0.05, 0) is 55.2 Å². The van der Waals surface area contributed by atoms with Crippen LogP contribution in [0.15, 0.2) is 72.8 Å². The van der Waals surface area contributed by atoms with Gasteiger partial charge in [-0.25, -0.2) is 8.42 Å². The first-order valence-electron chi connectivity index (χ1n) is 14.6. The van der Waals surface area contributed by atoms with E-state index in [1.807, 2.05) is 30.3 Å². The highest BCUT2D eigenvalue weighted by molar-refractivity contribution is 7.92. The summed E-state index contributed by atoms with van der Waals surface area (Å²) in [6.07, 6.45) is 6.09. The van der Waals surface area contributed by atoms with Crippen LogP contribution in [0, 0.1) is 0 Å². The molecule has 3 aromatic carbocycles. The van der Waals surface area contributed by atoms with Gasteiger partial charge in [0.2, 0.25) is 21.8 Å². The number of Topliss-reactive ketones (excluding diaryl/α,β-unsaturated/α-hetero) is 1. The summed E-state index contributed by atoms with van der Waals surface area (Å²) in [5.41, 5.74) is 1.96. The maximum Gasteiger partial charge on any atom is 0.244 e. The molecular weight excluding hydrogens is 621 g/mol. The lowest BCUT2D eigenvalue weighted by molar-refractivity contribution is -0.140. The third kappa shape index (κ3) is 9.06. The van der Waals surface area contributed by atoms with Crippen molar-refractivity contribution in [2.45, 2.75) is 64.1 Å². The Hall–Kier alpha value is -3.40. The molecule has 234 valence electrons. The van der Waals surface area contributed by atoms with Crippen molar-refractivity contribution >= 4 is 56.5 Å². The first kappa shape index (κ1) is 33.5. The summed E-state index contributed by atoms with van der Waals surface area (Å²) in [5, 5.41) is 3.81. The van der Waals surface area contributed by atoms with E-state index < -0.39 is 28.5 Å². The first-order chi connectivity index (χ1) is 20.9. The number of halogens is 2. The second kappa shape index (κ2) is 15.1. The van der Waals surface area contributed by atoms with Crippen LogP contribution in [-0.2, 0) is 32.6 Å². The number of carbonyl (C=O) groups excluding carboxylic acids is 3. The van der Waals surface area contributed by atoms with E-state index in [2.05, 4.69) is 5.32 Å². The van der Waals surface area contributed by atoms with E-state index in [0.717, 1.165) is 48.2 Å². The molecule has 0 unspecified atom stereocenters. The molecule has 2 amide bonds. The fourth-order valence-electron chi connectivity index (χ4n) is 5.43. The Morgan fingerprint density at radius 3 is 2.23 bits per heavy atom. The van der Waals surface area contributed by atoms with Gasteiger partial charge in [-0.3, -0.25) is 18.7 Å². The van der Waals surface area contributed by atoms with Gasteiger partial charge < -0.3 is 10.2 Å². The van der Waals surface area contributed by atoms with Crippen molar-refractivity contribution in [3.63, 3.8) is 0 Å². The van der Waals surface area contributed by atoms with Gasteiger partial charge in [0.1, 0.15) is 12.6 Å². The van der Waals surface area contributed by atoms with Crippen LogP contribution in [0.2, 0.25) is 10.0 Å². The summed E-state index contributed by atoms with van der Waals surface area (Å²) >= 11 is 12.5. The van der Waals surface area contributed by atoms with E-state index in [-0.39, 0.29) is 36.4 Å². The Balaban J connectivity index is 1.75. The predicted molar refractivity (Wildman–Crippen MR) is 175 cm³/mol. The molecule has 1 aliphatic rings. The maximum absolute atomic E-state index is 14.3. The van der Waals surface area contributed by atoms with Crippen LogP contribution >= 0.6 is 23.2 Å². The fraction of sp³-hybridized carbons (Fsp3) is 0.364. The molecule has 8 nitrogen and oxygen atoms in total. The fourth-order valence-corrected chi connectivity index (χ4v) is 6.59. The number of hydrogen-bond donors (Lipinski definition) is 1. The third-order valence-corrected chi connectivity index (χ3v) is 9.66. The minimum Gasteiger partial charge on any atom is -0.352 e. The van der Waals surface area contributed by atoms with Crippen LogP contribution in [0.25, 0.3) is 0 Å². The van der Waals surface area contributed by atoms with Crippen molar-refractivity contribution in [2.24, 2.45) is 0 Å². The largest absolute Gasteiger partial charge is 0.352 e. The normalized spacial score (nSPS) is 14.5. The molecular formula is C33H37Cl2N3O5S. The summed E-state index contributed by atoms with van der Waals surface area (Å²) in [5.74, 6) is -1.14. The minimum absolute atomic E-state index is 0.00158. The molecule has 0 bridgehead atoms. The Morgan fingerprint density at radius 2 is 1.59 bits per heavy atom. The standard InChI is InChI=1S/C33H37Cl2N3O5S/c1-23(39)26-12-9-15-28(20-26)38(44(2,42)43)22-32(40)37(21-25-16-17-29(34)30(35)18-25)31(19-24-10-5-3-6-11-24)33(41)36-27-13-7-4-8-14-27/h3,5-6,9-12,15-18,20,27,31H,4,7-8,13-14,19,21-22H2,1-2H3,(H,36,41)/t31-/m0/s1. The molecule has 0 aromatic heterocycles. The molecule has 4 rings (SSSR count). The van der Waals surface area contributed by atoms with Crippen LogP contribution in [-0.4, -0.2) is 55.8 Å². The lowest BCUT2D eigenvalue weighted by Crippen LogP contribution is -2.55. The maximum atomic E-state index is 14.3. The predicted octanol–water partition coefficient (Wildman–Crippen LogP) is 6.05. The summed E-state index contributed by atoms with van der Waals surface area (Å²) in [6.45, 7) is 0.785. The zero-order valence-corrected chi connectivity index (χ0v) is 27.2. The molecule has 0 aliphatic heterocycles. The quantitative estimate of drug-likeness (QED) is 0.239. The number of carbonyl (C=O) groups is 3. The van der Waals surface area contributed by atoms with E-state index in [0.29, 0.717) is 21.2 Å². The Kier molecular flexibility index (Phi) is 11.5. The minimum atomic E-state index is -3.97. The number of benzene rings is 3. The molecule has 44 heavy (non-hydrogen) atoms. The molecule has 11 heteroatoms. The van der Waals surface area contributed by atoms with Crippen LogP contribution in [0.3, 0.4) is 0 Å². The number of ketones is 1. The molecule has 1 atom stereocenters. The summed E-state index contributed by atoms with van der Waals surface area (Å²) in [4.78, 5) is 41.8. The summed E-state index contributed by atoms with van der Waals surface area (Å²) < 4.78 is 27.0. The van der Waals surface area contributed by atoms with Gasteiger partial charge in [-0.1, -0.05) is 91.0 Å². The third-order valence-electron chi connectivity index (χ3n) is 7.78. The molecule has 1 aliphatic carbocycles. The number of amides is 2. The molecule has 1 saturated carbocycles. The lowest BCUT2D eigenvalue weighted by atomic mass is 9.94. The van der Waals surface area contributed by atoms with Crippen LogP contribution in [0.1, 0.15) is 60.5 Å². The van der Waals surface area contributed by atoms with E-state index in [1.54, 1.807) is 30.3 Å². The van der Waals surface area contributed by atoms with Gasteiger partial charge in [0.15, 0.2) is 5.78 Å². The average molecular weight is 659 g/mol. The van der Waals surface area contributed by atoms with E-state index in [9.17, 15) is 22.8 Å². The number of sulfonamides is 1. The molecule has 0 radical (unpaired) electrons. The molecule has 3 aromatic rings. The highest BCUT2D eigenvalue weighted by atomic mass is 35.5. The lowest BCUT2D eigenvalue weighted by Gasteiger charge is -2.35. The first-order valence-corrected chi connectivity index (χ1v) is 17.2. The van der Waals surface area contributed by atoms with E-state index >= 15 is 0 Å². The molecule has 1 fully saturated rings. The highest BCUT2D eigenvalue weighted by Crippen LogP contribution is 2.26. The zero-order chi connectivity index (χ0) is 31.9. The number of nitrogens with one attached hydrogen (secondary N) is 1. The van der Waals surface area contributed by atoms with Crippen molar-refractivity contribution < 1.29 is 22.8 Å². The number of hydrogen-bond acceptors (Lipinski definition) is 5. The second-order valence-corrected chi connectivity index (χ2v) is 13.9. The van der Waals surface area contributed by atoms with Crippen molar-refractivity contribution in [1.29, 1.82) is 0 Å². The Labute approximate surface area is 269 Å². The molecule has 0 heterocycles. The smallest absolute Gasteiger partial charge is 0.244 e. The van der Waals surface area contributed by atoms with Gasteiger partial charge in [0.25, 0.3) is 0 Å². The second-order valence-electron chi connectivity index (χ2n) is 11.2. The van der Waals surface area contributed by atoms with E-state index in [4.69, 9.17) is 23.2 Å². The van der Waals surface area contributed by atoms with Crippen LogP contribution < -0.4 is 9.62 Å². The van der Waals surface area contributed by atoms with Crippen molar-refractivity contribution in [2.75, 3.05) is 17.1 Å². The van der Waals surface area contributed by atoms with Gasteiger partial charge in [0, 0.05) is 24.6 Å². The zero-order valence-electron chi connectivity index (χ0n) is 24.8. The Morgan fingerprint density at radius 1 is 0.886 bits per heavy atom. The van der Waals surface area contributed by atoms with Gasteiger partial charge >= 0.3 is 0 Å². The van der Waals surface area contributed by atoms with Gasteiger partial charge in [0.05, 0.1) is 22.0 Å². The number of rotatable bonds is 12. The summed E-state index contributed by atoms with van der Waals surface area (Å²) in [6, 6.07) is 19.5. The van der Waals surface area contributed by atoms with Crippen LogP contribution in [0.4, 0.5) is 5.69 Å². The highest BCUT2D eigenvalue weighted by Gasteiger charge is 2.34. The Bertz CT molecular complexity index is 1590. The van der Waals surface area contributed by atoms with Gasteiger partial charge in [-0.2, -0.15) is 0 Å². The number of nitrogens with zero attached hydrogens (tertiary/aromatic N) is 2. The molecule has 1 N–H and O–H groups in total. The van der Waals surface area contributed by atoms with Gasteiger partial charge in [-0.15, -0.1) is 0 Å². The topological polar surface area (TPSA) is 104 Å². The van der Waals surface area contributed by atoms with Crippen LogP contribution in [0.5, 0.6) is 0 Å². The monoisotopic (exact) mass is 657 g/mol. The summed E-state index contributed by atoms with van der Waals surface area (Å²) in [7, 11) is -3.97. The number of anilines is 1. The van der Waals surface area contributed by atoms with Crippen molar-refractivity contribution in [3.05, 3.63) is 99.5 Å². The van der Waals surface area contributed by atoms with Crippen molar-refractivity contribution in [1.82, 2.24) is 10.2 Å².